The molecule has 0 atom stereocenters. The minimum atomic E-state index is -0.124. The zero-order valence-electron chi connectivity index (χ0n) is 15.0. The van der Waals surface area contributed by atoms with Gasteiger partial charge in [-0.2, -0.15) is 0 Å². The highest BCUT2D eigenvalue weighted by Gasteiger charge is 2.14. The number of nitrogens with one attached hydrogen (secondary N) is 1. The van der Waals surface area contributed by atoms with Gasteiger partial charge in [-0.15, -0.1) is 11.3 Å². The highest BCUT2D eigenvalue weighted by Crippen LogP contribution is 2.25. The van der Waals surface area contributed by atoms with Gasteiger partial charge in [0.1, 0.15) is 11.5 Å². The van der Waals surface area contributed by atoms with Crippen LogP contribution in [-0.2, 0) is 22.5 Å². The Bertz CT molecular complexity index is 744. The molecule has 1 aliphatic heterocycles. The Balaban J connectivity index is 1.56. The van der Waals surface area contributed by atoms with Gasteiger partial charge in [0.2, 0.25) is 5.91 Å². The van der Waals surface area contributed by atoms with Crippen LogP contribution in [0.2, 0.25) is 0 Å². The van der Waals surface area contributed by atoms with E-state index in [1.165, 1.54) is 11.3 Å². The number of rotatable bonds is 7. The third kappa shape index (κ3) is 4.94. The van der Waals surface area contributed by atoms with Crippen LogP contribution in [0.1, 0.15) is 11.3 Å². The summed E-state index contributed by atoms with van der Waals surface area (Å²) in [5.74, 6) is 1.20. The minimum Gasteiger partial charge on any atom is -0.497 e. The number of hydrogen-bond acceptors (Lipinski definition) is 7. The predicted molar refractivity (Wildman–Crippen MR) is 100 cm³/mol. The highest BCUT2D eigenvalue weighted by atomic mass is 32.1. The largest absolute Gasteiger partial charge is 0.497 e. The molecule has 2 aromatic rings. The van der Waals surface area contributed by atoms with Gasteiger partial charge in [-0.1, -0.05) is 6.07 Å². The molecule has 8 heteroatoms. The Labute approximate surface area is 156 Å². The number of ether oxygens (including phenoxy) is 3. The van der Waals surface area contributed by atoms with Gasteiger partial charge < -0.3 is 19.5 Å². The molecule has 0 radical (unpaired) electrons. The van der Waals surface area contributed by atoms with Crippen molar-refractivity contribution in [1.82, 2.24) is 9.88 Å². The third-order valence-corrected chi connectivity index (χ3v) is 4.94. The first-order chi connectivity index (χ1) is 12.7. The van der Waals surface area contributed by atoms with E-state index < -0.39 is 0 Å². The molecule has 1 aromatic carbocycles. The first kappa shape index (κ1) is 18.6. The van der Waals surface area contributed by atoms with Crippen LogP contribution in [0.5, 0.6) is 11.5 Å². The van der Waals surface area contributed by atoms with E-state index in [9.17, 15) is 4.79 Å². The summed E-state index contributed by atoms with van der Waals surface area (Å²) in [7, 11) is 3.17. The van der Waals surface area contributed by atoms with E-state index in [0.717, 1.165) is 44.1 Å². The normalized spacial score (nSPS) is 14.8. The standard InChI is InChI=1S/C18H23N3O4S/c1-23-15-4-3-13(16(10-15)24-2)9-17(22)20-18-19-14(12-26-18)11-21-5-7-25-8-6-21/h3-4,10,12H,5-9,11H2,1-2H3,(H,19,20,22). The number of nitrogens with zero attached hydrogens (tertiary/aromatic N) is 2. The number of hydrogen-bond donors (Lipinski definition) is 1. The van der Waals surface area contributed by atoms with Crippen LogP contribution in [0, 0.1) is 0 Å². The van der Waals surface area contributed by atoms with Crippen molar-refractivity contribution in [2.45, 2.75) is 13.0 Å². The molecule has 0 bridgehead atoms. The fraction of sp³-hybridized carbons (Fsp3) is 0.444. The van der Waals surface area contributed by atoms with Crippen molar-refractivity contribution in [3.63, 3.8) is 0 Å². The van der Waals surface area contributed by atoms with Gasteiger partial charge in [0.05, 0.1) is 39.5 Å². The van der Waals surface area contributed by atoms with E-state index in [-0.39, 0.29) is 12.3 Å². The molecule has 26 heavy (non-hydrogen) atoms. The van der Waals surface area contributed by atoms with E-state index in [2.05, 4.69) is 15.2 Å². The fourth-order valence-electron chi connectivity index (χ4n) is 2.76. The van der Waals surface area contributed by atoms with E-state index in [4.69, 9.17) is 14.2 Å². The first-order valence-corrected chi connectivity index (χ1v) is 9.31. The van der Waals surface area contributed by atoms with Crippen molar-refractivity contribution in [2.24, 2.45) is 0 Å². The summed E-state index contributed by atoms with van der Waals surface area (Å²) >= 11 is 1.44. The lowest BCUT2D eigenvalue weighted by atomic mass is 10.1. The lowest BCUT2D eigenvalue weighted by molar-refractivity contribution is -0.115. The molecule has 1 aliphatic rings. The van der Waals surface area contributed by atoms with Crippen molar-refractivity contribution < 1.29 is 19.0 Å². The number of aromatic nitrogens is 1. The smallest absolute Gasteiger partial charge is 0.230 e. The fourth-order valence-corrected chi connectivity index (χ4v) is 3.48. The van der Waals surface area contributed by atoms with Crippen LogP contribution < -0.4 is 14.8 Å². The van der Waals surface area contributed by atoms with Gasteiger partial charge >= 0.3 is 0 Å². The number of carbonyl (C=O) groups excluding carboxylic acids is 1. The van der Waals surface area contributed by atoms with Gasteiger partial charge in [0, 0.05) is 36.6 Å². The second-order valence-electron chi connectivity index (χ2n) is 5.94. The molecule has 1 aromatic heterocycles. The summed E-state index contributed by atoms with van der Waals surface area (Å²) < 4.78 is 15.9. The average molecular weight is 377 g/mol. The molecule has 0 aliphatic carbocycles. The van der Waals surface area contributed by atoms with Gasteiger partial charge in [0.15, 0.2) is 5.13 Å². The molecule has 1 saturated heterocycles. The van der Waals surface area contributed by atoms with E-state index >= 15 is 0 Å². The van der Waals surface area contributed by atoms with Gasteiger partial charge in [-0.25, -0.2) is 4.98 Å². The summed E-state index contributed by atoms with van der Waals surface area (Å²) in [6.45, 7) is 4.13. The zero-order valence-corrected chi connectivity index (χ0v) is 15.8. The monoisotopic (exact) mass is 377 g/mol. The Hall–Kier alpha value is -2.16. The molecule has 3 rings (SSSR count). The van der Waals surface area contributed by atoms with Crippen LogP contribution in [0.3, 0.4) is 0 Å². The number of amides is 1. The third-order valence-electron chi connectivity index (χ3n) is 4.13. The number of thiazole rings is 1. The van der Waals surface area contributed by atoms with Crippen LogP contribution in [-0.4, -0.2) is 56.3 Å². The van der Waals surface area contributed by atoms with Crippen LogP contribution in [0.15, 0.2) is 23.6 Å². The number of morpholine rings is 1. The van der Waals surface area contributed by atoms with Gasteiger partial charge in [-0.05, 0) is 6.07 Å². The topological polar surface area (TPSA) is 72.9 Å². The molecule has 1 fully saturated rings. The highest BCUT2D eigenvalue weighted by molar-refractivity contribution is 7.13. The Kier molecular flexibility index (Phi) is 6.43. The molecular formula is C18H23N3O4S. The molecule has 140 valence electrons. The molecule has 7 nitrogen and oxygen atoms in total. The molecule has 2 heterocycles. The lowest BCUT2D eigenvalue weighted by Gasteiger charge is -2.25. The van der Waals surface area contributed by atoms with Crippen molar-refractivity contribution in [2.75, 3.05) is 45.8 Å². The van der Waals surface area contributed by atoms with E-state index in [0.29, 0.717) is 16.6 Å². The summed E-state index contributed by atoms with van der Waals surface area (Å²) in [5.41, 5.74) is 1.77. The Morgan fingerprint density at radius 1 is 1.31 bits per heavy atom. The zero-order chi connectivity index (χ0) is 18.4. The van der Waals surface area contributed by atoms with Crippen molar-refractivity contribution >= 4 is 22.4 Å². The summed E-state index contributed by atoms with van der Waals surface area (Å²) in [6, 6.07) is 5.42. The molecule has 0 spiro atoms. The first-order valence-electron chi connectivity index (χ1n) is 8.43. The Morgan fingerprint density at radius 2 is 2.12 bits per heavy atom. The van der Waals surface area contributed by atoms with Crippen LogP contribution >= 0.6 is 11.3 Å². The van der Waals surface area contributed by atoms with Crippen molar-refractivity contribution in [3.8, 4) is 11.5 Å². The van der Waals surface area contributed by atoms with E-state index in [1.807, 2.05) is 17.5 Å². The second kappa shape index (κ2) is 8.98. The van der Waals surface area contributed by atoms with Crippen molar-refractivity contribution in [3.05, 3.63) is 34.8 Å². The maximum absolute atomic E-state index is 12.3. The predicted octanol–water partition coefficient (Wildman–Crippen LogP) is 2.17. The van der Waals surface area contributed by atoms with Gasteiger partial charge in [0.25, 0.3) is 0 Å². The summed E-state index contributed by atoms with van der Waals surface area (Å²) in [5, 5.41) is 5.47. The van der Waals surface area contributed by atoms with Gasteiger partial charge in [-0.3, -0.25) is 9.69 Å². The second-order valence-corrected chi connectivity index (χ2v) is 6.79. The number of carbonyl (C=O) groups is 1. The number of methoxy groups -OCH3 is 2. The molecule has 0 saturated carbocycles. The maximum atomic E-state index is 12.3. The minimum absolute atomic E-state index is 0.124. The van der Waals surface area contributed by atoms with Crippen LogP contribution in [0.25, 0.3) is 0 Å². The molecular weight excluding hydrogens is 354 g/mol. The molecule has 0 unspecified atom stereocenters. The average Bonchev–Trinajstić information content (AvgIpc) is 3.09. The number of anilines is 1. The quantitative estimate of drug-likeness (QED) is 0.797. The lowest BCUT2D eigenvalue weighted by Crippen LogP contribution is -2.35. The van der Waals surface area contributed by atoms with Crippen LogP contribution in [0.4, 0.5) is 5.13 Å². The summed E-state index contributed by atoms with van der Waals surface area (Å²) in [6.07, 6.45) is 0.214. The molecule has 1 N–H and O–H groups in total. The molecule has 1 amide bonds. The maximum Gasteiger partial charge on any atom is 0.230 e. The number of benzene rings is 1. The SMILES string of the molecule is COc1ccc(CC(=O)Nc2nc(CN3CCOCC3)cs2)c(OC)c1. The summed E-state index contributed by atoms with van der Waals surface area (Å²) in [4.78, 5) is 19.2. The van der Waals surface area contributed by atoms with E-state index in [1.54, 1.807) is 20.3 Å². The Morgan fingerprint density at radius 3 is 2.85 bits per heavy atom. The van der Waals surface area contributed by atoms with Crippen molar-refractivity contribution in [1.29, 1.82) is 0 Å².